The summed E-state index contributed by atoms with van der Waals surface area (Å²) in [5.41, 5.74) is 2.43. The summed E-state index contributed by atoms with van der Waals surface area (Å²) in [6.45, 7) is 1.93. The number of rotatable bonds is 2. The Kier molecular flexibility index (Phi) is 3.77. The number of carbonyl (C=O) groups excluding carboxylic acids is 1. The SMILES string of the molecule is O=C(O)C1CCN(C(=O)c2ccc3c(n2)CCCN3)CC1. The summed E-state index contributed by atoms with van der Waals surface area (Å²) in [6.07, 6.45) is 2.97. The van der Waals surface area contributed by atoms with Crippen molar-refractivity contribution < 1.29 is 14.7 Å². The fourth-order valence-electron chi connectivity index (χ4n) is 2.94. The van der Waals surface area contributed by atoms with E-state index >= 15 is 0 Å². The van der Waals surface area contributed by atoms with E-state index in [1.54, 1.807) is 11.0 Å². The van der Waals surface area contributed by atoms with Crippen molar-refractivity contribution >= 4 is 17.6 Å². The van der Waals surface area contributed by atoms with Gasteiger partial charge in [-0.05, 0) is 37.8 Å². The summed E-state index contributed by atoms with van der Waals surface area (Å²) in [6, 6.07) is 3.67. The fourth-order valence-corrected chi connectivity index (χ4v) is 2.94. The Hall–Kier alpha value is -2.11. The van der Waals surface area contributed by atoms with E-state index in [9.17, 15) is 9.59 Å². The van der Waals surface area contributed by atoms with Crippen molar-refractivity contribution in [2.24, 2.45) is 5.92 Å². The highest BCUT2D eigenvalue weighted by molar-refractivity contribution is 5.93. The summed E-state index contributed by atoms with van der Waals surface area (Å²) in [7, 11) is 0. The Bertz CT molecular complexity index is 565. The largest absolute Gasteiger partial charge is 0.481 e. The van der Waals surface area contributed by atoms with Crippen LogP contribution in [0.1, 0.15) is 35.4 Å². The third-order valence-electron chi connectivity index (χ3n) is 4.23. The van der Waals surface area contributed by atoms with E-state index in [0.29, 0.717) is 31.6 Å². The van der Waals surface area contributed by atoms with E-state index in [1.165, 1.54) is 0 Å². The summed E-state index contributed by atoms with van der Waals surface area (Å²) >= 11 is 0. The minimum atomic E-state index is -0.764. The zero-order valence-electron chi connectivity index (χ0n) is 11.8. The molecule has 1 fully saturated rings. The number of aromatic nitrogens is 1. The van der Waals surface area contributed by atoms with Crippen molar-refractivity contribution in [1.29, 1.82) is 0 Å². The van der Waals surface area contributed by atoms with Gasteiger partial charge in [-0.3, -0.25) is 9.59 Å². The van der Waals surface area contributed by atoms with Gasteiger partial charge < -0.3 is 15.3 Å². The van der Waals surface area contributed by atoms with Gasteiger partial charge in [-0.25, -0.2) is 4.98 Å². The first-order valence-corrected chi connectivity index (χ1v) is 7.41. The lowest BCUT2D eigenvalue weighted by Gasteiger charge is -2.30. The zero-order valence-corrected chi connectivity index (χ0v) is 11.8. The van der Waals surface area contributed by atoms with Crippen LogP contribution in [0, 0.1) is 5.92 Å². The van der Waals surface area contributed by atoms with Crippen LogP contribution in [0.5, 0.6) is 0 Å². The molecule has 0 radical (unpaired) electrons. The average Bonchev–Trinajstić information content (AvgIpc) is 2.54. The molecule has 0 spiro atoms. The number of aliphatic carboxylic acids is 1. The maximum atomic E-state index is 12.5. The molecule has 1 saturated heterocycles. The minimum absolute atomic E-state index is 0.0905. The molecule has 2 aliphatic rings. The number of pyridine rings is 1. The maximum Gasteiger partial charge on any atom is 0.306 e. The molecule has 0 aliphatic carbocycles. The van der Waals surface area contributed by atoms with Gasteiger partial charge in [0.15, 0.2) is 0 Å². The number of carboxylic acids is 1. The average molecular weight is 289 g/mol. The molecular formula is C15H19N3O3. The maximum absolute atomic E-state index is 12.5. The molecule has 2 N–H and O–H groups in total. The monoisotopic (exact) mass is 289 g/mol. The van der Waals surface area contributed by atoms with Crippen LogP contribution in [0.15, 0.2) is 12.1 Å². The normalized spacial score (nSPS) is 18.8. The van der Waals surface area contributed by atoms with E-state index in [0.717, 1.165) is 30.8 Å². The van der Waals surface area contributed by atoms with Crippen LogP contribution in [0.25, 0.3) is 0 Å². The Labute approximate surface area is 123 Å². The van der Waals surface area contributed by atoms with Crippen LogP contribution >= 0.6 is 0 Å². The van der Waals surface area contributed by atoms with E-state index in [-0.39, 0.29) is 11.8 Å². The smallest absolute Gasteiger partial charge is 0.306 e. The number of fused-ring (bicyclic) bond motifs is 1. The number of aryl methyl sites for hydroxylation is 1. The molecule has 0 saturated carbocycles. The molecular weight excluding hydrogens is 270 g/mol. The van der Waals surface area contributed by atoms with Crippen molar-refractivity contribution in [3.63, 3.8) is 0 Å². The predicted octanol–water partition coefficient (Wildman–Crippen LogP) is 1.38. The third kappa shape index (κ3) is 2.84. The topological polar surface area (TPSA) is 82.5 Å². The van der Waals surface area contributed by atoms with Crippen LogP contribution in [0.4, 0.5) is 5.69 Å². The second-order valence-corrected chi connectivity index (χ2v) is 5.63. The molecule has 3 rings (SSSR count). The van der Waals surface area contributed by atoms with Gasteiger partial charge in [0.25, 0.3) is 5.91 Å². The number of likely N-dealkylation sites (tertiary alicyclic amines) is 1. The molecule has 1 aromatic heterocycles. The molecule has 1 aromatic rings. The Morgan fingerprint density at radius 1 is 1.29 bits per heavy atom. The molecule has 0 bridgehead atoms. The third-order valence-corrected chi connectivity index (χ3v) is 4.23. The molecule has 6 heteroatoms. The molecule has 0 unspecified atom stereocenters. The number of nitrogens with one attached hydrogen (secondary N) is 1. The highest BCUT2D eigenvalue weighted by atomic mass is 16.4. The zero-order chi connectivity index (χ0) is 14.8. The number of hydrogen-bond donors (Lipinski definition) is 2. The van der Waals surface area contributed by atoms with E-state index < -0.39 is 5.97 Å². The molecule has 6 nitrogen and oxygen atoms in total. The first-order chi connectivity index (χ1) is 10.1. The molecule has 0 aromatic carbocycles. The van der Waals surface area contributed by atoms with Crippen molar-refractivity contribution in [3.05, 3.63) is 23.5 Å². The number of hydrogen-bond acceptors (Lipinski definition) is 4. The number of anilines is 1. The van der Waals surface area contributed by atoms with Crippen LogP contribution in [0.3, 0.4) is 0 Å². The number of nitrogens with zero attached hydrogens (tertiary/aromatic N) is 2. The highest BCUT2D eigenvalue weighted by Gasteiger charge is 2.28. The van der Waals surface area contributed by atoms with E-state index in [1.807, 2.05) is 6.07 Å². The number of carbonyl (C=O) groups is 2. The van der Waals surface area contributed by atoms with Gasteiger partial charge in [0, 0.05) is 19.6 Å². The van der Waals surface area contributed by atoms with Crippen molar-refractivity contribution in [1.82, 2.24) is 9.88 Å². The van der Waals surface area contributed by atoms with Gasteiger partial charge in [-0.15, -0.1) is 0 Å². The van der Waals surface area contributed by atoms with Gasteiger partial charge >= 0.3 is 5.97 Å². The van der Waals surface area contributed by atoms with Gasteiger partial charge in [0.2, 0.25) is 0 Å². The Morgan fingerprint density at radius 2 is 2.05 bits per heavy atom. The van der Waals surface area contributed by atoms with E-state index in [2.05, 4.69) is 10.3 Å². The van der Waals surface area contributed by atoms with Gasteiger partial charge in [0.05, 0.1) is 17.3 Å². The van der Waals surface area contributed by atoms with Gasteiger partial charge in [0.1, 0.15) is 5.69 Å². The number of piperidine rings is 1. The van der Waals surface area contributed by atoms with Crippen molar-refractivity contribution in [2.75, 3.05) is 25.0 Å². The molecule has 112 valence electrons. The number of carboxylic acid groups (broad SMARTS) is 1. The van der Waals surface area contributed by atoms with Crippen LogP contribution in [0.2, 0.25) is 0 Å². The molecule has 2 aliphatic heterocycles. The van der Waals surface area contributed by atoms with Gasteiger partial charge in [-0.2, -0.15) is 0 Å². The standard InChI is InChI=1S/C15H19N3O3/c19-14(18-8-5-10(6-9-18)15(20)21)13-4-3-11-12(17-13)2-1-7-16-11/h3-4,10,16H,1-2,5-9H2,(H,20,21). The first-order valence-electron chi connectivity index (χ1n) is 7.41. The molecule has 1 amide bonds. The van der Waals surface area contributed by atoms with E-state index in [4.69, 9.17) is 5.11 Å². The lowest BCUT2D eigenvalue weighted by atomic mass is 9.97. The number of amides is 1. The quantitative estimate of drug-likeness (QED) is 0.859. The summed E-state index contributed by atoms with van der Waals surface area (Å²) < 4.78 is 0. The predicted molar refractivity (Wildman–Crippen MR) is 77.3 cm³/mol. The van der Waals surface area contributed by atoms with Crippen LogP contribution in [-0.2, 0) is 11.2 Å². The summed E-state index contributed by atoms with van der Waals surface area (Å²) in [5, 5.41) is 12.3. The first kappa shape index (κ1) is 13.9. The van der Waals surface area contributed by atoms with Crippen LogP contribution in [-0.4, -0.2) is 46.5 Å². The Morgan fingerprint density at radius 3 is 2.76 bits per heavy atom. The Balaban J connectivity index is 1.70. The summed E-state index contributed by atoms with van der Waals surface area (Å²) in [5.74, 6) is -1.18. The molecule has 21 heavy (non-hydrogen) atoms. The second kappa shape index (κ2) is 5.71. The summed E-state index contributed by atoms with van der Waals surface area (Å²) in [4.78, 5) is 29.6. The molecule has 0 atom stereocenters. The van der Waals surface area contributed by atoms with Crippen LogP contribution < -0.4 is 5.32 Å². The van der Waals surface area contributed by atoms with Crippen molar-refractivity contribution in [2.45, 2.75) is 25.7 Å². The van der Waals surface area contributed by atoms with Crippen molar-refractivity contribution in [3.8, 4) is 0 Å². The minimum Gasteiger partial charge on any atom is -0.481 e. The molecule has 3 heterocycles. The lowest BCUT2D eigenvalue weighted by molar-refractivity contribution is -0.143. The highest BCUT2D eigenvalue weighted by Crippen LogP contribution is 2.22. The van der Waals surface area contributed by atoms with Gasteiger partial charge in [-0.1, -0.05) is 0 Å². The lowest BCUT2D eigenvalue weighted by Crippen LogP contribution is -2.40. The second-order valence-electron chi connectivity index (χ2n) is 5.63. The fraction of sp³-hybridized carbons (Fsp3) is 0.533.